The molecule has 4 aromatic rings. The van der Waals surface area contributed by atoms with Gasteiger partial charge in [-0.3, -0.25) is 4.79 Å². The summed E-state index contributed by atoms with van der Waals surface area (Å²) in [6.45, 7) is 3.95. The molecule has 0 fully saturated rings. The van der Waals surface area contributed by atoms with Crippen molar-refractivity contribution in [2.75, 3.05) is 0 Å². The van der Waals surface area contributed by atoms with Crippen molar-refractivity contribution in [3.05, 3.63) is 78.0 Å². The Balaban J connectivity index is 1.43. The second-order valence-corrected chi connectivity index (χ2v) is 7.72. The molecule has 176 valence electrons. The molecule has 0 aliphatic carbocycles. The minimum Gasteiger partial charge on any atom is -0.406 e. The number of ether oxygens (including phenoxy) is 1. The van der Waals surface area contributed by atoms with E-state index < -0.39 is 6.36 Å². The standard InChI is InChI=1S/C24H21F3N4O3/c1-15-5-7-17(8-6-15)16(2)28-21(32)14-31-13-3-4-20(31)23-29-22(30-34-23)18-9-11-19(12-10-18)33-24(25,26)27/h3-13,16H,14H2,1-2H3,(H,28,32)/t16-/m1/s1. The second-order valence-electron chi connectivity index (χ2n) is 7.72. The first-order chi connectivity index (χ1) is 16.2. The molecule has 1 N–H and O–H groups in total. The summed E-state index contributed by atoms with van der Waals surface area (Å²) in [5.74, 6) is -0.168. The first-order valence-electron chi connectivity index (χ1n) is 10.4. The van der Waals surface area contributed by atoms with Gasteiger partial charge in [0.25, 0.3) is 5.89 Å². The molecule has 0 saturated heterocycles. The van der Waals surface area contributed by atoms with Crippen LogP contribution in [0.15, 0.2) is 71.4 Å². The van der Waals surface area contributed by atoms with Crippen LogP contribution >= 0.6 is 0 Å². The molecule has 0 aliphatic rings. The highest BCUT2D eigenvalue weighted by Crippen LogP contribution is 2.27. The Morgan fingerprint density at radius 1 is 1.12 bits per heavy atom. The van der Waals surface area contributed by atoms with Gasteiger partial charge in [-0.25, -0.2) is 0 Å². The number of aryl methyl sites for hydroxylation is 1. The predicted molar refractivity (Wildman–Crippen MR) is 118 cm³/mol. The van der Waals surface area contributed by atoms with Gasteiger partial charge in [0.05, 0.1) is 6.04 Å². The lowest BCUT2D eigenvalue weighted by Crippen LogP contribution is -2.30. The first-order valence-corrected chi connectivity index (χ1v) is 10.4. The van der Waals surface area contributed by atoms with E-state index in [4.69, 9.17) is 4.52 Å². The molecule has 0 bridgehead atoms. The van der Waals surface area contributed by atoms with Gasteiger partial charge in [0, 0.05) is 11.8 Å². The molecular weight excluding hydrogens is 449 g/mol. The molecular formula is C24H21F3N4O3. The van der Waals surface area contributed by atoms with E-state index in [0.717, 1.165) is 11.1 Å². The van der Waals surface area contributed by atoms with Crippen molar-refractivity contribution in [2.24, 2.45) is 0 Å². The lowest BCUT2D eigenvalue weighted by Gasteiger charge is -2.15. The molecule has 0 unspecified atom stereocenters. The largest absolute Gasteiger partial charge is 0.573 e. The monoisotopic (exact) mass is 470 g/mol. The summed E-state index contributed by atoms with van der Waals surface area (Å²) in [5.41, 5.74) is 3.13. The zero-order valence-corrected chi connectivity index (χ0v) is 18.3. The van der Waals surface area contributed by atoms with Crippen molar-refractivity contribution < 1.29 is 27.2 Å². The lowest BCUT2D eigenvalue weighted by molar-refractivity contribution is -0.274. The highest BCUT2D eigenvalue weighted by atomic mass is 19.4. The maximum Gasteiger partial charge on any atom is 0.573 e. The summed E-state index contributed by atoms with van der Waals surface area (Å²) in [5, 5.41) is 6.87. The van der Waals surface area contributed by atoms with Crippen LogP contribution < -0.4 is 10.1 Å². The van der Waals surface area contributed by atoms with Crippen LogP contribution in [0.25, 0.3) is 23.0 Å². The van der Waals surface area contributed by atoms with E-state index in [2.05, 4.69) is 20.2 Å². The molecule has 7 nitrogen and oxygen atoms in total. The number of rotatable bonds is 7. The molecule has 0 spiro atoms. The fraction of sp³-hybridized carbons (Fsp3) is 0.208. The summed E-state index contributed by atoms with van der Waals surface area (Å²) in [6, 6.07) is 16.4. The third-order valence-corrected chi connectivity index (χ3v) is 5.09. The minimum absolute atomic E-state index is 0.0414. The summed E-state index contributed by atoms with van der Waals surface area (Å²) < 4.78 is 47.9. The maximum absolute atomic E-state index is 12.6. The quantitative estimate of drug-likeness (QED) is 0.397. The molecule has 1 atom stereocenters. The van der Waals surface area contributed by atoms with Gasteiger partial charge in [0.2, 0.25) is 11.7 Å². The molecule has 0 radical (unpaired) electrons. The van der Waals surface area contributed by atoms with Crippen molar-refractivity contribution in [1.29, 1.82) is 0 Å². The van der Waals surface area contributed by atoms with E-state index in [0.29, 0.717) is 11.3 Å². The number of halogens is 3. The van der Waals surface area contributed by atoms with Crippen LogP contribution in [0.5, 0.6) is 5.75 Å². The maximum atomic E-state index is 12.6. The van der Waals surface area contributed by atoms with E-state index in [9.17, 15) is 18.0 Å². The summed E-state index contributed by atoms with van der Waals surface area (Å²) in [6.07, 6.45) is -3.05. The van der Waals surface area contributed by atoms with Gasteiger partial charge in [-0.2, -0.15) is 4.98 Å². The Morgan fingerprint density at radius 3 is 2.50 bits per heavy atom. The molecule has 2 aromatic heterocycles. The molecule has 10 heteroatoms. The molecule has 4 rings (SSSR count). The van der Waals surface area contributed by atoms with E-state index in [1.807, 2.05) is 38.1 Å². The Bertz CT molecular complexity index is 1260. The minimum atomic E-state index is -4.77. The molecule has 2 heterocycles. The van der Waals surface area contributed by atoms with Gasteiger partial charge >= 0.3 is 6.36 Å². The number of nitrogens with one attached hydrogen (secondary N) is 1. The number of hydrogen-bond acceptors (Lipinski definition) is 5. The van der Waals surface area contributed by atoms with Crippen molar-refractivity contribution in [1.82, 2.24) is 20.0 Å². The third-order valence-electron chi connectivity index (χ3n) is 5.09. The van der Waals surface area contributed by atoms with E-state index in [1.165, 1.54) is 24.3 Å². The molecule has 34 heavy (non-hydrogen) atoms. The topological polar surface area (TPSA) is 82.2 Å². The van der Waals surface area contributed by atoms with Gasteiger partial charge < -0.3 is 19.1 Å². The first kappa shape index (κ1) is 23.1. The van der Waals surface area contributed by atoms with Crippen LogP contribution in [0.3, 0.4) is 0 Å². The number of amides is 1. The van der Waals surface area contributed by atoms with Crippen molar-refractivity contribution in [2.45, 2.75) is 32.8 Å². The van der Waals surface area contributed by atoms with Crippen LogP contribution in [-0.4, -0.2) is 27.0 Å². The summed E-state index contributed by atoms with van der Waals surface area (Å²) >= 11 is 0. The van der Waals surface area contributed by atoms with E-state index in [1.54, 1.807) is 22.9 Å². The van der Waals surface area contributed by atoms with Gasteiger partial charge in [-0.1, -0.05) is 35.0 Å². The van der Waals surface area contributed by atoms with Gasteiger partial charge in [0.1, 0.15) is 18.0 Å². The highest BCUT2D eigenvalue weighted by Gasteiger charge is 2.31. The predicted octanol–water partition coefficient (Wildman–Crippen LogP) is 5.29. The average molecular weight is 470 g/mol. The fourth-order valence-corrected chi connectivity index (χ4v) is 3.38. The van der Waals surface area contributed by atoms with Gasteiger partial charge in [0.15, 0.2) is 0 Å². The number of alkyl halides is 3. The van der Waals surface area contributed by atoms with Gasteiger partial charge in [-0.15, -0.1) is 13.2 Å². The van der Waals surface area contributed by atoms with Crippen LogP contribution in [0.2, 0.25) is 0 Å². The zero-order chi connectivity index (χ0) is 24.3. The average Bonchev–Trinajstić information content (AvgIpc) is 3.43. The van der Waals surface area contributed by atoms with Crippen LogP contribution in [-0.2, 0) is 11.3 Å². The Morgan fingerprint density at radius 2 is 1.82 bits per heavy atom. The van der Waals surface area contributed by atoms with Gasteiger partial charge in [-0.05, 0) is 55.8 Å². The molecule has 2 aromatic carbocycles. The smallest absolute Gasteiger partial charge is 0.406 e. The number of aromatic nitrogens is 3. The second kappa shape index (κ2) is 9.42. The molecule has 1 amide bonds. The van der Waals surface area contributed by atoms with Crippen LogP contribution in [0.4, 0.5) is 13.2 Å². The van der Waals surface area contributed by atoms with Crippen molar-refractivity contribution in [3.63, 3.8) is 0 Å². The van der Waals surface area contributed by atoms with Crippen molar-refractivity contribution in [3.8, 4) is 28.7 Å². The Hall–Kier alpha value is -4.08. The summed E-state index contributed by atoms with van der Waals surface area (Å²) in [4.78, 5) is 16.9. The highest BCUT2D eigenvalue weighted by molar-refractivity contribution is 5.77. The van der Waals surface area contributed by atoms with Crippen LogP contribution in [0.1, 0.15) is 24.1 Å². The Labute approximate surface area is 193 Å². The summed E-state index contributed by atoms with van der Waals surface area (Å²) in [7, 11) is 0. The molecule has 0 saturated carbocycles. The Kier molecular flexibility index (Phi) is 6.40. The van der Waals surface area contributed by atoms with Crippen LogP contribution in [0, 0.1) is 6.92 Å². The van der Waals surface area contributed by atoms with E-state index >= 15 is 0 Å². The number of nitrogens with zero attached hydrogens (tertiary/aromatic N) is 3. The number of carbonyl (C=O) groups excluding carboxylic acids is 1. The number of carbonyl (C=O) groups is 1. The third kappa shape index (κ3) is 5.64. The van der Waals surface area contributed by atoms with Crippen molar-refractivity contribution >= 4 is 5.91 Å². The zero-order valence-electron chi connectivity index (χ0n) is 18.3. The molecule has 0 aliphatic heterocycles. The number of benzene rings is 2. The lowest BCUT2D eigenvalue weighted by atomic mass is 10.1. The SMILES string of the molecule is Cc1ccc([C@@H](C)NC(=O)Cn2cccc2-c2nc(-c3ccc(OC(F)(F)F)cc3)no2)cc1. The normalized spacial score (nSPS) is 12.4. The number of hydrogen-bond donors (Lipinski definition) is 1. The van der Waals surface area contributed by atoms with E-state index in [-0.39, 0.29) is 36.0 Å². The fourth-order valence-electron chi connectivity index (χ4n) is 3.38.